The lowest BCUT2D eigenvalue weighted by Gasteiger charge is -2.25. The molecule has 4 nitrogen and oxygen atoms in total. The topological polar surface area (TPSA) is 57.6 Å². The van der Waals surface area contributed by atoms with Crippen LogP contribution in [0.3, 0.4) is 0 Å². The summed E-state index contributed by atoms with van der Waals surface area (Å²) in [7, 11) is 0. The van der Waals surface area contributed by atoms with Crippen molar-refractivity contribution in [3.63, 3.8) is 0 Å². The lowest BCUT2D eigenvalue weighted by molar-refractivity contribution is -0.139. The molecule has 0 saturated carbocycles. The molecule has 1 atom stereocenters. The second-order valence-corrected chi connectivity index (χ2v) is 7.89. The molecule has 146 valence electrons. The Balaban J connectivity index is 2.04. The van der Waals surface area contributed by atoms with Gasteiger partial charge >= 0.3 is 0 Å². The normalized spacial score (nSPS) is 18.6. The van der Waals surface area contributed by atoms with Crippen LogP contribution in [0.4, 0.5) is 0 Å². The zero-order valence-corrected chi connectivity index (χ0v) is 17.5. The van der Waals surface area contributed by atoms with Crippen LogP contribution in [-0.2, 0) is 9.59 Å². The number of hydrogen-bond acceptors (Lipinski definition) is 3. The molecule has 0 aromatic heterocycles. The van der Waals surface area contributed by atoms with Gasteiger partial charge in [0.1, 0.15) is 5.76 Å². The average Bonchev–Trinajstić information content (AvgIpc) is 2.97. The highest BCUT2D eigenvalue weighted by molar-refractivity contribution is 9.10. The fourth-order valence-corrected chi connectivity index (χ4v) is 3.83. The molecule has 1 aliphatic rings. The minimum absolute atomic E-state index is 0.122. The summed E-state index contributed by atoms with van der Waals surface area (Å²) in [6.45, 7) is 2.63. The lowest BCUT2D eigenvalue weighted by atomic mass is 9.95. The Morgan fingerprint density at radius 3 is 2.32 bits per heavy atom. The summed E-state index contributed by atoms with van der Waals surface area (Å²) in [4.78, 5) is 27.2. The number of amides is 1. The van der Waals surface area contributed by atoms with E-state index in [0.717, 1.165) is 35.7 Å². The van der Waals surface area contributed by atoms with Crippen molar-refractivity contribution >= 4 is 33.4 Å². The number of carbonyl (C=O) groups is 2. The third-order valence-corrected chi connectivity index (χ3v) is 5.55. The van der Waals surface area contributed by atoms with E-state index >= 15 is 0 Å². The summed E-state index contributed by atoms with van der Waals surface area (Å²) in [6, 6.07) is 15.9. The molecule has 0 unspecified atom stereocenters. The third-order valence-electron chi connectivity index (χ3n) is 5.03. The second kappa shape index (κ2) is 9.20. The van der Waals surface area contributed by atoms with Gasteiger partial charge in [0.2, 0.25) is 0 Å². The number of aliphatic hydroxyl groups is 1. The quantitative estimate of drug-likeness (QED) is 0.269. The first-order valence-electron chi connectivity index (χ1n) is 9.64. The van der Waals surface area contributed by atoms with Gasteiger partial charge in [-0.05, 0) is 24.1 Å². The minimum Gasteiger partial charge on any atom is -0.507 e. The van der Waals surface area contributed by atoms with Gasteiger partial charge in [-0.3, -0.25) is 9.59 Å². The summed E-state index contributed by atoms with van der Waals surface area (Å²) in [6.07, 6.45) is 4.03. The van der Waals surface area contributed by atoms with Crippen molar-refractivity contribution in [3.8, 4) is 0 Å². The van der Waals surface area contributed by atoms with E-state index in [2.05, 4.69) is 22.9 Å². The van der Waals surface area contributed by atoms with Crippen LogP contribution in [0, 0.1) is 0 Å². The summed E-state index contributed by atoms with van der Waals surface area (Å²) in [5, 5.41) is 10.9. The first-order valence-corrected chi connectivity index (χ1v) is 10.4. The maximum atomic E-state index is 12.9. The molecule has 0 bridgehead atoms. The summed E-state index contributed by atoms with van der Waals surface area (Å²) >= 11 is 3.42. The molecule has 2 aromatic rings. The van der Waals surface area contributed by atoms with E-state index in [1.807, 2.05) is 30.3 Å². The molecular formula is C23H24BrNO3. The van der Waals surface area contributed by atoms with Gasteiger partial charge in [-0.25, -0.2) is 0 Å². The molecule has 1 amide bonds. The van der Waals surface area contributed by atoms with Gasteiger partial charge < -0.3 is 10.0 Å². The van der Waals surface area contributed by atoms with Crippen molar-refractivity contribution in [1.82, 2.24) is 4.90 Å². The largest absolute Gasteiger partial charge is 0.507 e. The highest BCUT2D eigenvalue weighted by Crippen LogP contribution is 2.39. The predicted molar refractivity (Wildman–Crippen MR) is 114 cm³/mol. The number of nitrogens with zero attached hydrogens (tertiary/aromatic N) is 1. The Labute approximate surface area is 174 Å². The molecule has 1 aliphatic heterocycles. The van der Waals surface area contributed by atoms with Gasteiger partial charge in [0.25, 0.3) is 11.7 Å². The zero-order chi connectivity index (χ0) is 20.1. The molecule has 0 aliphatic carbocycles. The van der Waals surface area contributed by atoms with Crippen molar-refractivity contribution in [1.29, 1.82) is 0 Å². The standard InChI is InChI=1S/C23H24BrNO3/c1-2-3-4-8-15-25-20(16-11-13-18(24)14-12-16)19(22(27)23(25)28)21(26)17-9-6-5-7-10-17/h5-7,9-14,20,26H,2-4,8,15H2,1H3/b21-19+/t20-/m0/s1. The minimum atomic E-state index is -0.621. The van der Waals surface area contributed by atoms with E-state index in [9.17, 15) is 14.7 Å². The first kappa shape index (κ1) is 20.3. The van der Waals surface area contributed by atoms with E-state index < -0.39 is 17.7 Å². The van der Waals surface area contributed by atoms with Gasteiger partial charge in [0, 0.05) is 16.6 Å². The van der Waals surface area contributed by atoms with Crippen molar-refractivity contribution in [2.45, 2.75) is 38.6 Å². The monoisotopic (exact) mass is 441 g/mol. The Morgan fingerprint density at radius 1 is 1.00 bits per heavy atom. The predicted octanol–water partition coefficient (Wildman–Crippen LogP) is 5.45. The smallest absolute Gasteiger partial charge is 0.295 e. The van der Waals surface area contributed by atoms with Crippen molar-refractivity contribution in [2.24, 2.45) is 0 Å². The number of aliphatic hydroxyl groups excluding tert-OH is 1. The number of likely N-dealkylation sites (tertiary alicyclic amines) is 1. The van der Waals surface area contributed by atoms with Crippen LogP contribution in [-0.4, -0.2) is 28.2 Å². The summed E-state index contributed by atoms with van der Waals surface area (Å²) < 4.78 is 0.916. The van der Waals surface area contributed by atoms with Crippen LogP contribution in [0.5, 0.6) is 0 Å². The third kappa shape index (κ3) is 4.20. The number of hydrogen-bond donors (Lipinski definition) is 1. The molecule has 2 aromatic carbocycles. The maximum Gasteiger partial charge on any atom is 0.295 e. The van der Waals surface area contributed by atoms with E-state index in [4.69, 9.17) is 0 Å². The molecular weight excluding hydrogens is 418 g/mol. The first-order chi connectivity index (χ1) is 13.5. The van der Waals surface area contributed by atoms with Gasteiger partial charge in [-0.15, -0.1) is 0 Å². The molecule has 5 heteroatoms. The SMILES string of the molecule is CCCCCCN1C(=O)C(=O)/C(=C(/O)c2ccccc2)[C@@H]1c1ccc(Br)cc1. The average molecular weight is 442 g/mol. The van der Waals surface area contributed by atoms with Crippen LogP contribution in [0.2, 0.25) is 0 Å². The fourth-order valence-electron chi connectivity index (χ4n) is 3.56. The maximum absolute atomic E-state index is 12.9. The molecule has 0 radical (unpaired) electrons. The summed E-state index contributed by atoms with van der Waals surface area (Å²) in [5.41, 5.74) is 1.51. The molecule has 28 heavy (non-hydrogen) atoms. The molecule has 1 heterocycles. The highest BCUT2D eigenvalue weighted by atomic mass is 79.9. The fraction of sp³-hybridized carbons (Fsp3) is 0.304. The van der Waals surface area contributed by atoms with E-state index in [1.54, 1.807) is 29.2 Å². The summed E-state index contributed by atoms with van der Waals surface area (Å²) in [5.74, 6) is -1.28. The van der Waals surface area contributed by atoms with Gasteiger partial charge in [-0.2, -0.15) is 0 Å². The van der Waals surface area contributed by atoms with Crippen LogP contribution < -0.4 is 0 Å². The van der Waals surface area contributed by atoms with Crippen LogP contribution in [0.1, 0.15) is 49.8 Å². The number of rotatable bonds is 7. The lowest BCUT2D eigenvalue weighted by Crippen LogP contribution is -2.30. The van der Waals surface area contributed by atoms with Gasteiger partial charge in [0.05, 0.1) is 11.6 Å². The molecule has 0 spiro atoms. The Bertz CT molecular complexity index is 874. The number of Topliss-reactive ketones (excluding diaryl/α,β-unsaturated/α-hetero) is 1. The molecule has 3 rings (SSSR count). The van der Waals surface area contributed by atoms with Gasteiger partial charge in [-0.1, -0.05) is 84.6 Å². The Kier molecular flexibility index (Phi) is 6.68. The van der Waals surface area contributed by atoms with E-state index in [0.29, 0.717) is 12.1 Å². The molecule has 1 fully saturated rings. The second-order valence-electron chi connectivity index (χ2n) is 6.97. The van der Waals surface area contributed by atoms with Crippen LogP contribution in [0.15, 0.2) is 64.6 Å². The molecule has 1 N–H and O–H groups in total. The number of ketones is 1. The Morgan fingerprint density at radius 2 is 1.68 bits per heavy atom. The Hall–Kier alpha value is -2.40. The van der Waals surface area contributed by atoms with Crippen LogP contribution >= 0.6 is 15.9 Å². The van der Waals surface area contributed by atoms with Crippen molar-refractivity contribution in [2.75, 3.05) is 6.54 Å². The zero-order valence-electron chi connectivity index (χ0n) is 15.9. The van der Waals surface area contributed by atoms with E-state index in [1.165, 1.54) is 0 Å². The van der Waals surface area contributed by atoms with Crippen LogP contribution in [0.25, 0.3) is 5.76 Å². The van der Waals surface area contributed by atoms with E-state index in [-0.39, 0.29) is 11.3 Å². The van der Waals surface area contributed by atoms with Gasteiger partial charge in [0.15, 0.2) is 0 Å². The van der Waals surface area contributed by atoms with Crippen molar-refractivity contribution in [3.05, 3.63) is 75.8 Å². The number of halogens is 1. The number of unbranched alkanes of at least 4 members (excludes halogenated alkanes) is 3. The molecule has 1 saturated heterocycles. The van der Waals surface area contributed by atoms with Crippen molar-refractivity contribution < 1.29 is 14.7 Å². The number of benzene rings is 2. The highest BCUT2D eigenvalue weighted by Gasteiger charge is 2.45. The number of carbonyl (C=O) groups excluding carboxylic acids is 2.